The Morgan fingerprint density at radius 2 is 1.47 bits per heavy atom. The molecule has 3 aromatic carbocycles. The van der Waals surface area contributed by atoms with Crippen LogP contribution in [0.4, 0.5) is 24.5 Å². The molecule has 1 saturated heterocycles. The molecule has 5 rings (SSSR count). The Balaban J connectivity index is 0.821. The van der Waals surface area contributed by atoms with Crippen molar-refractivity contribution in [2.45, 2.75) is 38.1 Å². The summed E-state index contributed by atoms with van der Waals surface area (Å²) in [4.78, 5) is 63.8. The Labute approximate surface area is 352 Å². The summed E-state index contributed by atoms with van der Waals surface area (Å²) in [5.74, 6) is -5.82. The van der Waals surface area contributed by atoms with E-state index in [1.165, 1.54) is 12.1 Å². The molecule has 14 nitrogen and oxygen atoms in total. The Morgan fingerprint density at radius 3 is 2.19 bits per heavy atom. The highest BCUT2D eigenvalue weighted by molar-refractivity contribution is 14.1. The van der Waals surface area contributed by atoms with Crippen LogP contribution in [0.2, 0.25) is 0 Å². The highest BCUT2D eigenvalue weighted by Crippen LogP contribution is 2.31. The predicted molar refractivity (Wildman–Crippen MR) is 216 cm³/mol. The summed E-state index contributed by atoms with van der Waals surface area (Å²) >= 11 is 1.92. The Bertz CT molecular complexity index is 1970. The first-order valence-electron chi connectivity index (χ1n) is 19.2. The van der Waals surface area contributed by atoms with Crippen molar-refractivity contribution in [2.75, 3.05) is 84.5 Å². The van der Waals surface area contributed by atoms with Crippen LogP contribution in [0.3, 0.4) is 0 Å². The molecule has 3 aromatic rings. The summed E-state index contributed by atoms with van der Waals surface area (Å²) in [5, 5.41) is 7.90. The number of carbonyl (C=O) groups excluding carboxylic acids is 5. The number of piperidine rings is 1. The van der Waals surface area contributed by atoms with Crippen molar-refractivity contribution in [1.82, 2.24) is 15.5 Å². The molecule has 4 amide bonds. The molecule has 1 fully saturated rings. The van der Waals surface area contributed by atoms with E-state index in [9.17, 15) is 37.1 Å². The summed E-state index contributed by atoms with van der Waals surface area (Å²) in [6, 6.07) is 10.2. The number of rotatable bonds is 26. The fourth-order valence-electron chi connectivity index (χ4n) is 6.36. The van der Waals surface area contributed by atoms with Crippen LogP contribution < -0.4 is 16.0 Å². The van der Waals surface area contributed by atoms with Crippen LogP contribution in [0.5, 0.6) is 0 Å². The highest BCUT2D eigenvalue weighted by Gasteiger charge is 2.45. The fourth-order valence-corrected chi connectivity index (χ4v) is 6.81. The number of anilines is 2. The van der Waals surface area contributed by atoms with Crippen molar-refractivity contribution in [3.8, 4) is 0 Å². The number of nitrogens with one attached hydrogen (secondary N) is 3. The van der Waals surface area contributed by atoms with Crippen molar-refractivity contribution in [1.29, 1.82) is 0 Å². The minimum Gasteiger partial charge on any atom is -0.379 e. The van der Waals surface area contributed by atoms with Gasteiger partial charge in [-0.1, -0.05) is 12.1 Å². The first-order valence-corrected chi connectivity index (χ1v) is 20.3. The average Bonchev–Trinajstić information content (AvgIpc) is 3.47. The van der Waals surface area contributed by atoms with E-state index < -0.39 is 58.6 Å². The zero-order valence-electron chi connectivity index (χ0n) is 32.3. The van der Waals surface area contributed by atoms with Crippen LogP contribution in [0.25, 0.3) is 0 Å². The first kappa shape index (κ1) is 45.8. The largest absolute Gasteiger partial charge is 0.379 e. The third kappa shape index (κ3) is 13.1. The van der Waals surface area contributed by atoms with E-state index in [-0.39, 0.29) is 42.9 Å². The molecular formula is C41H46F3IN4O10. The average molecular weight is 939 g/mol. The second-order valence-electron chi connectivity index (χ2n) is 13.5. The minimum atomic E-state index is -1.29. The van der Waals surface area contributed by atoms with Crippen molar-refractivity contribution in [3.05, 3.63) is 91.8 Å². The molecule has 2 heterocycles. The third-order valence-electron chi connectivity index (χ3n) is 9.29. The highest BCUT2D eigenvalue weighted by atomic mass is 127. The normalized spacial score (nSPS) is 15.2. The molecule has 0 aliphatic carbocycles. The summed E-state index contributed by atoms with van der Waals surface area (Å²) in [6.45, 7) is 4.32. The molecule has 1 atom stereocenters. The molecule has 18 heteroatoms. The lowest BCUT2D eigenvalue weighted by Gasteiger charge is -2.27. The van der Waals surface area contributed by atoms with Crippen LogP contribution >= 0.6 is 22.6 Å². The van der Waals surface area contributed by atoms with Crippen LogP contribution in [0, 0.1) is 21.0 Å². The quantitative estimate of drug-likeness (QED) is 0.0439. The second-order valence-corrected chi connectivity index (χ2v) is 14.7. The van der Waals surface area contributed by atoms with Crippen molar-refractivity contribution < 1.29 is 60.8 Å². The van der Waals surface area contributed by atoms with E-state index >= 15 is 0 Å². The molecular weight excluding hydrogens is 892 g/mol. The fraction of sp³-hybridized carbons (Fsp3) is 0.439. The number of hydrogen-bond acceptors (Lipinski definition) is 12. The molecule has 2 aliphatic heterocycles. The second kappa shape index (κ2) is 23.5. The summed E-state index contributed by atoms with van der Waals surface area (Å²) in [6.07, 6.45) is 1.87. The number of aryl methyl sites for hydroxylation is 1. The van der Waals surface area contributed by atoms with Gasteiger partial charge in [-0.2, -0.15) is 0 Å². The van der Waals surface area contributed by atoms with E-state index in [1.54, 1.807) is 24.3 Å². The van der Waals surface area contributed by atoms with E-state index in [0.717, 1.165) is 17.0 Å². The number of ether oxygens (including phenoxy) is 5. The van der Waals surface area contributed by atoms with Gasteiger partial charge in [0.25, 0.3) is 11.8 Å². The van der Waals surface area contributed by atoms with E-state index in [4.69, 9.17) is 23.7 Å². The summed E-state index contributed by atoms with van der Waals surface area (Å²) < 4.78 is 71.2. The summed E-state index contributed by atoms with van der Waals surface area (Å²) in [5.41, 5.74) is 0.567. The number of nitrogens with zero attached hydrogens (tertiary/aromatic N) is 1. The zero-order valence-corrected chi connectivity index (χ0v) is 34.4. The number of fused-ring (bicyclic) bond motifs is 1. The van der Waals surface area contributed by atoms with Crippen LogP contribution in [-0.2, 0) is 39.7 Å². The molecule has 0 saturated carbocycles. The van der Waals surface area contributed by atoms with Crippen LogP contribution in [-0.4, -0.2) is 120 Å². The van der Waals surface area contributed by atoms with Crippen molar-refractivity contribution in [3.63, 3.8) is 0 Å². The van der Waals surface area contributed by atoms with E-state index in [0.29, 0.717) is 99.9 Å². The van der Waals surface area contributed by atoms with E-state index in [1.807, 2.05) is 22.6 Å². The molecule has 1 unspecified atom stereocenters. The number of hydrogen-bond donors (Lipinski definition) is 3. The molecule has 59 heavy (non-hydrogen) atoms. The van der Waals surface area contributed by atoms with Gasteiger partial charge in [-0.15, -0.1) is 0 Å². The van der Waals surface area contributed by atoms with Gasteiger partial charge in [-0.3, -0.25) is 34.2 Å². The number of benzene rings is 3. The van der Waals surface area contributed by atoms with Crippen molar-refractivity contribution >= 4 is 63.4 Å². The van der Waals surface area contributed by atoms with Gasteiger partial charge in [0.15, 0.2) is 17.4 Å². The van der Waals surface area contributed by atoms with Crippen LogP contribution in [0.1, 0.15) is 62.3 Å². The Kier molecular flexibility index (Phi) is 18.2. The van der Waals surface area contributed by atoms with Gasteiger partial charge in [-0.05, 0) is 96.8 Å². The van der Waals surface area contributed by atoms with Gasteiger partial charge in [-0.25, -0.2) is 13.2 Å². The predicted octanol–water partition coefficient (Wildman–Crippen LogP) is 4.73. The zero-order chi connectivity index (χ0) is 42.1. The minimum absolute atomic E-state index is 0.0643. The topological polar surface area (TPSA) is 171 Å². The van der Waals surface area contributed by atoms with Gasteiger partial charge in [0, 0.05) is 35.3 Å². The van der Waals surface area contributed by atoms with Gasteiger partial charge < -0.3 is 34.3 Å². The number of amides is 4. The molecule has 318 valence electrons. The SMILES string of the molecule is O=C1CCC(N2C(=O)c3cccc(CCCOCCOCCOCCOCCNCCCOCC(=O)c4ccc(F)c(F)c4Nc4ccc(I)cc4F)c3C2=O)C(=O)N1. The first-order chi connectivity index (χ1) is 28.6. The van der Waals surface area contributed by atoms with Gasteiger partial charge in [0.2, 0.25) is 11.8 Å². The molecule has 0 spiro atoms. The Hall–Kier alpha value is -4.31. The maximum Gasteiger partial charge on any atom is 0.262 e. The molecule has 2 aliphatic rings. The molecule has 0 radical (unpaired) electrons. The summed E-state index contributed by atoms with van der Waals surface area (Å²) in [7, 11) is 0. The van der Waals surface area contributed by atoms with Gasteiger partial charge >= 0.3 is 0 Å². The van der Waals surface area contributed by atoms with Gasteiger partial charge in [0.05, 0.1) is 68.7 Å². The molecule has 0 bridgehead atoms. The monoisotopic (exact) mass is 938 g/mol. The standard InChI is InChI=1S/C41H46F3IN4O10/c42-30-9-8-28(38(37(30)44)47-32-10-7-27(45)24-31(32)43)34(50)25-59-16-3-13-46-14-17-56-19-21-58-23-22-57-20-18-55-15-2-5-26-4-1-6-29-36(26)41(54)49(40(29)53)33-11-12-35(51)48-39(33)52/h1,4,6-10,24,33,46-47H,2-3,5,11-23,25H2,(H,48,51,52). The molecule has 3 N–H and O–H groups in total. The van der Waals surface area contributed by atoms with Crippen LogP contribution in [0.15, 0.2) is 48.5 Å². The lowest BCUT2D eigenvalue weighted by Crippen LogP contribution is -2.54. The lowest BCUT2D eigenvalue weighted by molar-refractivity contribution is -0.136. The van der Waals surface area contributed by atoms with Gasteiger partial charge in [0.1, 0.15) is 18.5 Å². The smallest absolute Gasteiger partial charge is 0.262 e. The number of carbonyl (C=O) groups is 5. The van der Waals surface area contributed by atoms with E-state index in [2.05, 4.69) is 16.0 Å². The maximum absolute atomic E-state index is 14.6. The third-order valence-corrected chi connectivity index (χ3v) is 9.96. The maximum atomic E-state index is 14.6. The Morgan fingerprint density at radius 1 is 0.780 bits per heavy atom. The number of ketones is 1. The number of Topliss-reactive ketones (excluding diaryl/α,β-unsaturated/α-hetero) is 1. The number of halogens is 4. The van der Waals surface area contributed by atoms with Crippen molar-refractivity contribution in [2.24, 2.45) is 0 Å². The lowest BCUT2D eigenvalue weighted by atomic mass is 9.99. The number of imide groups is 2. The molecule has 0 aromatic heterocycles.